The summed E-state index contributed by atoms with van der Waals surface area (Å²) in [7, 11) is 6.72. The molecule has 1 aromatic rings. The normalized spacial score (nSPS) is 10.5. The third-order valence-corrected chi connectivity index (χ3v) is 2.50. The first kappa shape index (κ1) is 17.2. The van der Waals surface area contributed by atoms with Gasteiger partial charge in [-0.25, -0.2) is 0 Å². The highest BCUT2D eigenvalue weighted by molar-refractivity contribution is 6.22. The molecule has 1 aromatic carbocycles. The van der Waals surface area contributed by atoms with Crippen LogP contribution in [0.2, 0.25) is 6.32 Å². The van der Waals surface area contributed by atoms with Crippen LogP contribution in [-0.2, 0) is 6.54 Å². The van der Waals surface area contributed by atoms with Crippen LogP contribution in [-0.4, -0.2) is 33.1 Å². The van der Waals surface area contributed by atoms with Gasteiger partial charge in [0, 0.05) is 13.0 Å². The number of unbranched alkanes of at least 4 members (excludes halogenated alkanes) is 2. The van der Waals surface area contributed by atoms with Crippen molar-refractivity contribution in [2.45, 2.75) is 39.1 Å². The Morgan fingerprint density at radius 3 is 2.11 bits per heavy atom. The van der Waals surface area contributed by atoms with Crippen LogP contribution in [0.4, 0.5) is 0 Å². The quantitative estimate of drug-likeness (QED) is 0.430. The molecule has 2 nitrogen and oxygen atoms in total. The molecule has 0 spiro atoms. The predicted molar refractivity (Wildman–Crippen MR) is 79.7 cm³/mol. The lowest BCUT2D eigenvalue weighted by molar-refractivity contribution is -0.884. The Labute approximate surface area is 114 Å². The Hall–Kier alpha value is -0.795. The van der Waals surface area contributed by atoms with Gasteiger partial charge in [-0.3, -0.25) is 0 Å². The van der Waals surface area contributed by atoms with E-state index in [1.165, 1.54) is 18.4 Å². The van der Waals surface area contributed by atoms with Crippen molar-refractivity contribution in [3.05, 3.63) is 35.9 Å². The summed E-state index contributed by atoms with van der Waals surface area (Å²) in [5.74, 6) is 0. The van der Waals surface area contributed by atoms with E-state index in [9.17, 15) is 5.02 Å². The fourth-order valence-corrected chi connectivity index (χ4v) is 1.66. The van der Waals surface area contributed by atoms with Crippen molar-refractivity contribution in [3.8, 4) is 0 Å². The minimum atomic E-state index is 0.111. The largest absolute Gasteiger partial charge is 0.882 e. The number of hydrogen-bond acceptors (Lipinski definition) is 1. The van der Waals surface area contributed by atoms with E-state index in [2.05, 4.69) is 58.4 Å². The maximum atomic E-state index is 9.80. The van der Waals surface area contributed by atoms with Crippen molar-refractivity contribution in [1.82, 2.24) is 0 Å². The number of quaternary nitrogens is 1. The molecule has 0 aliphatic heterocycles. The van der Waals surface area contributed by atoms with E-state index < -0.39 is 0 Å². The summed E-state index contributed by atoms with van der Waals surface area (Å²) < 4.78 is 0.990. The van der Waals surface area contributed by atoms with Crippen molar-refractivity contribution < 1.29 is 9.51 Å². The van der Waals surface area contributed by atoms with Crippen molar-refractivity contribution in [1.29, 1.82) is 0 Å². The second kappa shape index (κ2) is 10.2. The second-order valence-electron chi connectivity index (χ2n) is 5.70. The Morgan fingerprint density at radius 2 is 1.67 bits per heavy atom. The van der Waals surface area contributed by atoms with E-state index in [4.69, 9.17) is 0 Å². The van der Waals surface area contributed by atoms with Crippen LogP contribution in [0.3, 0.4) is 0 Å². The van der Waals surface area contributed by atoms with E-state index in [0.29, 0.717) is 0 Å². The molecule has 0 aliphatic carbocycles. The minimum absolute atomic E-state index is 0.111. The lowest BCUT2D eigenvalue weighted by Gasteiger charge is -2.23. The summed E-state index contributed by atoms with van der Waals surface area (Å²) in [6.45, 7) is 3.24. The summed E-state index contributed by atoms with van der Waals surface area (Å²) in [6, 6.07) is 10.6. The summed E-state index contributed by atoms with van der Waals surface area (Å²) in [4.78, 5) is 0. The van der Waals surface area contributed by atoms with E-state index in [1.807, 2.05) is 0 Å². The molecule has 0 N–H and O–H groups in total. The monoisotopic (exact) mass is 249 g/mol. The van der Waals surface area contributed by atoms with E-state index in [0.717, 1.165) is 23.8 Å². The topological polar surface area (TPSA) is 23.1 Å². The lowest BCUT2D eigenvalue weighted by atomic mass is 9.92. The molecule has 1 rings (SSSR count). The molecule has 0 radical (unpaired) electrons. The first-order valence-electron chi connectivity index (χ1n) is 6.92. The van der Waals surface area contributed by atoms with Crippen LogP contribution in [0, 0.1) is 0 Å². The van der Waals surface area contributed by atoms with Gasteiger partial charge < -0.3 is 9.51 Å². The molecule has 0 atom stereocenters. The average molecular weight is 249 g/mol. The van der Waals surface area contributed by atoms with E-state index in [-0.39, 0.29) is 7.48 Å². The molecule has 0 unspecified atom stereocenters. The van der Waals surface area contributed by atoms with Gasteiger partial charge >= 0.3 is 0 Å². The van der Waals surface area contributed by atoms with Gasteiger partial charge in [0.05, 0.1) is 21.1 Å². The third kappa shape index (κ3) is 11.7. The van der Waals surface area contributed by atoms with Crippen molar-refractivity contribution in [3.63, 3.8) is 0 Å². The van der Waals surface area contributed by atoms with Gasteiger partial charge in [-0.1, -0.05) is 62.8 Å². The highest BCUT2D eigenvalue weighted by atomic mass is 16.2. The summed E-state index contributed by atoms with van der Waals surface area (Å²) in [6.07, 6.45) is 4.44. The summed E-state index contributed by atoms with van der Waals surface area (Å²) >= 11 is 0. The summed E-state index contributed by atoms with van der Waals surface area (Å²) in [5, 5.41) is 9.80. The molecule has 0 bridgehead atoms. The van der Waals surface area contributed by atoms with Crippen molar-refractivity contribution >= 4 is 7.48 Å². The van der Waals surface area contributed by atoms with Gasteiger partial charge in [0.2, 0.25) is 0 Å². The number of nitrogens with zero attached hydrogens (tertiary/aromatic N) is 1. The standard InChI is InChI=1S/C10H16N.C5H12BO/c1-11(2,3)9-10-7-5-4-6-8-10;1-2-3-4-5-6-7/h4-8H,9H2,1-3H3;6H,2-5H2,1H3/q+1;-1. The molecule has 18 heavy (non-hydrogen) atoms. The smallest absolute Gasteiger partial charge is 0.104 e. The Bertz CT molecular complexity index is 278. The molecule has 0 fully saturated rings. The van der Waals surface area contributed by atoms with Crippen LogP contribution < -0.4 is 5.02 Å². The molecular formula is C15H28BNO. The molecule has 0 amide bonds. The highest BCUT2D eigenvalue weighted by Crippen LogP contribution is 2.05. The SMILES string of the molecule is CCCCCB[O-].C[N+](C)(C)Cc1ccccc1. The van der Waals surface area contributed by atoms with Crippen molar-refractivity contribution in [2.24, 2.45) is 0 Å². The molecular weight excluding hydrogens is 221 g/mol. The van der Waals surface area contributed by atoms with Crippen LogP contribution >= 0.6 is 0 Å². The zero-order valence-corrected chi connectivity index (χ0v) is 12.5. The molecule has 0 heterocycles. The zero-order chi connectivity index (χ0) is 13.9. The minimum Gasteiger partial charge on any atom is -0.882 e. The summed E-state index contributed by atoms with van der Waals surface area (Å²) in [5.41, 5.74) is 1.40. The average Bonchev–Trinajstić information content (AvgIpc) is 2.30. The van der Waals surface area contributed by atoms with Crippen LogP contribution in [0.5, 0.6) is 0 Å². The van der Waals surface area contributed by atoms with Crippen LogP contribution in [0.15, 0.2) is 30.3 Å². The van der Waals surface area contributed by atoms with E-state index in [1.54, 1.807) is 0 Å². The molecule has 102 valence electrons. The van der Waals surface area contributed by atoms with Gasteiger partial charge in [0.25, 0.3) is 0 Å². The molecule has 3 heteroatoms. The van der Waals surface area contributed by atoms with Crippen LogP contribution in [0.1, 0.15) is 31.7 Å². The van der Waals surface area contributed by atoms with Gasteiger partial charge in [0.15, 0.2) is 0 Å². The van der Waals surface area contributed by atoms with Gasteiger partial charge in [-0.05, 0) is 0 Å². The third-order valence-electron chi connectivity index (χ3n) is 2.50. The molecule has 0 aromatic heterocycles. The van der Waals surface area contributed by atoms with Gasteiger partial charge in [-0.2, -0.15) is 0 Å². The molecule has 0 saturated carbocycles. The maximum absolute atomic E-state index is 9.80. The Kier molecular flexibility index (Phi) is 9.71. The van der Waals surface area contributed by atoms with Gasteiger partial charge in [-0.15, -0.1) is 0 Å². The molecule has 0 aliphatic rings. The van der Waals surface area contributed by atoms with Crippen molar-refractivity contribution in [2.75, 3.05) is 21.1 Å². The predicted octanol–water partition coefficient (Wildman–Crippen LogP) is 2.20. The zero-order valence-electron chi connectivity index (χ0n) is 12.5. The highest BCUT2D eigenvalue weighted by Gasteiger charge is 2.06. The number of benzene rings is 1. The molecule has 0 saturated heterocycles. The number of hydrogen-bond donors (Lipinski definition) is 0. The maximum Gasteiger partial charge on any atom is 0.104 e. The Balaban J connectivity index is 0.000000360. The lowest BCUT2D eigenvalue weighted by Crippen LogP contribution is -2.33. The fourth-order valence-electron chi connectivity index (χ4n) is 1.66. The Morgan fingerprint density at radius 1 is 1.06 bits per heavy atom. The first-order chi connectivity index (χ1) is 8.49. The van der Waals surface area contributed by atoms with E-state index >= 15 is 0 Å². The van der Waals surface area contributed by atoms with Gasteiger partial charge in [0.1, 0.15) is 6.54 Å². The fraction of sp³-hybridized carbons (Fsp3) is 0.600. The van der Waals surface area contributed by atoms with Crippen LogP contribution in [0.25, 0.3) is 0 Å². The second-order valence-corrected chi connectivity index (χ2v) is 5.70. The number of rotatable bonds is 6. The first-order valence-corrected chi connectivity index (χ1v) is 6.92.